The maximum atomic E-state index is 12.5. The number of rotatable bonds is 2. The van der Waals surface area contributed by atoms with Crippen molar-refractivity contribution in [2.24, 2.45) is 0 Å². The highest BCUT2D eigenvalue weighted by Gasteiger charge is 2.23. The van der Waals surface area contributed by atoms with Gasteiger partial charge in [0, 0.05) is 13.1 Å². The molecule has 0 bridgehead atoms. The first-order chi connectivity index (χ1) is 11.1. The summed E-state index contributed by atoms with van der Waals surface area (Å²) in [5.74, 6) is 0. The summed E-state index contributed by atoms with van der Waals surface area (Å²) in [6.45, 7) is 3.13. The first-order valence-electron chi connectivity index (χ1n) is 7.36. The molecule has 0 saturated carbocycles. The molecule has 118 valence electrons. The van der Waals surface area contributed by atoms with Gasteiger partial charge in [0.15, 0.2) is 0 Å². The number of anilines is 1. The zero-order chi connectivity index (χ0) is 16.4. The minimum absolute atomic E-state index is 0.135. The second-order valence-corrected chi connectivity index (χ2v) is 7.04. The van der Waals surface area contributed by atoms with E-state index in [0.717, 1.165) is 23.1 Å². The number of hydrogen-bond donors (Lipinski definition) is 1. The van der Waals surface area contributed by atoms with E-state index in [-0.39, 0.29) is 6.03 Å². The van der Waals surface area contributed by atoms with Crippen LogP contribution in [0.5, 0.6) is 0 Å². The molecule has 2 aromatic rings. The van der Waals surface area contributed by atoms with Gasteiger partial charge in [-0.2, -0.15) is 5.26 Å². The van der Waals surface area contributed by atoms with E-state index < -0.39 is 0 Å². The van der Waals surface area contributed by atoms with Crippen molar-refractivity contribution in [1.29, 1.82) is 5.26 Å². The fourth-order valence-electron chi connectivity index (χ4n) is 2.86. The molecule has 0 saturated heterocycles. The Morgan fingerprint density at radius 3 is 3.04 bits per heavy atom. The number of carbonyl (C=O) groups excluding carboxylic acids is 1. The number of hydrogen-bond acceptors (Lipinski definition) is 3. The van der Waals surface area contributed by atoms with Crippen LogP contribution in [0.4, 0.5) is 10.5 Å². The molecule has 0 spiro atoms. The molecule has 1 aromatic heterocycles. The molecule has 4 nitrogen and oxygen atoms in total. The van der Waals surface area contributed by atoms with Crippen molar-refractivity contribution in [3.63, 3.8) is 0 Å². The average molecular weight is 346 g/mol. The normalized spacial score (nSPS) is 13.3. The van der Waals surface area contributed by atoms with Crippen LogP contribution in [0.25, 0.3) is 0 Å². The number of benzene rings is 1. The maximum absolute atomic E-state index is 12.5. The van der Waals surface area contributed by atoms with Crippen LogP contribution >= 0.6 is 22.9 Å². The lowest BCUT2D eigenvalue weighted by Gasteiger charge is -2.30. The van der Waals surface area contributed by atoms with E-state index in [0.29, 0.717) is 29.5 Å². The van der Waals surface area contributed by atoms with Crippen LogP contribution in [-0.4, -0.2) is 17.5 Å². The lowest BCUT2D eigenvalue weighted by molar-refractivity contribution is 0.206. The summed E-state index contributed by atoms with van der Waals surface area (Å²) >= 11 is 7.54. The molecule has 0 radical (unpaired) electrons. The molecule has 6 heteroatoms. The highest BCUT2D eigenvalue weighted by atomic mass is 35.5. The average Bonchev–Trinajstić information content (AvgIpc) is 2.87. The first-order valence-corrected chi connectivity index (χ1v) is 8.62. The third-order valence-electron chi connectivity index (χ3n) is 4.08. The van der Waals surface area contributed by atoms with Crippen LogP contribution in [0.3, 0.4) is 0 Å². The predicted molar refractivity (Wildman–Crippen MR) is 93.0 cm³/mol. The molecule has 2 heterocycles. The quantitative estimate of drug-likeness (QED) is 0.878. The number of thiophene rings is 1. The Kier molecular flexibility index (Phi) is 4.56. The second kappa shape index (κ2) is 6.61. The lowest BCUT2D eigenvalue weighted by atomic mass is 9.93. The fourth-order valence-corrected chi connectivity index (χ4v) is 3.92. The topological polar surface area (TPSA) is 56.1 Å². The summed E-state index contributed by atoms with van der Waals surface area (Å²) in [4.78, 5) is 14.3. The lowest BCUT2D eigenvalue weighted by Crippen LogP contribution is -2.39. The largest absolute Gasteiger partial charge is 0.322 e. The molecule has 1 aromatic carbocycles. The van der Waals surface area contributed by atoms with Crippen molar-refractivity contribution >= 4 is 34.7 Å². The Hall–Kier alpha value is -2.03. The molecule has 1 aliphatic heterocycles. The van der Waals surface area contributed by atoms with Gasteiger partial charge in [0.25, 0.3) is 0 Å². The van der Waals surface area contributed by atoms with E-state index in [1.807, 2.05) is 30.5 Å². The third kappa shape index (κ3) is 3.19. The molecule has 0 unspecified atom stereocenters. The number of halogens is 1. The smallest absolute Gasteiger partial charge is 0.320 e. The Labute approximate surface area is 144 Å². The molecule has 0 fully saturated rings. The van der Waals surface area contributed by atoms with Crippen LogP contribution < -0.4 is 5.32 Å². The van der Waals surface area contributed by atoms with Crippen molar-refractivity contribution in [1.82, 2.24) is 4.90 Å². The van der Waals surface area contributed by atoms with E-state index in [1.165, 1.54) is 16.9 Å². The standard InChI is InChI=1S/C17H16ClN3OS/c1-11-10-23-16(18)15(11)20-17(22)21-8-6-14-12(5-7-19)3-2-4-13(14)9-21/h2-4,10H,5-6,8-9H2,1H3,(H,20,22). The number of urea groups is 1. The Balaban J connectivity index is 1.76. The SMILES string of the molecule is Cc1csc(Cl)c1NC(=O)N1CCc2c(CC#N)cccc2C1. The van der Waals surface area contributed by atoms with Gasteiger partial charge in [-0.05, 0) is 41.0 Å². The van der Waals surface area contributed by atoms with Gasteiger partial charge in [-0.3, -0.25) is 0 Å². The molecule has 0 aliphatic carbocycles. The summed E-state index contributed by atoms with van der Waals surface area (Å²) in [6.07, 6.45) is 1.19. The molecule has 3 rings (SSSR count). The molecule has 0 atom stereocenters. The predicted octanol–water partition coefficient (Wildman–Crippen LogP) is 4.37. The van der Waals surface area contributed by atoms with Gasteiger partial charge >= 0.3 is 6.03 Å². The minimum atomic E-state index is -0.135. The maximum Gasteiger partial charge on any atom is 0.322 e. The van der Waals surface area contributed by atoms with Gasteiger partial charge < -0.3 is 10.2 Å². The zero-order valence-corrected chi connectivity index (χ0v) is 14.3. The summed E-state index contributed by atoms with van der Waals surface area (Å²) in [5, 5.41) is 13.8. The first kappa shape index (κ1) is 15.9. The summed E-state index contributed by atoms with van der Waals surface area (Å²) < 4.78 is 0.601. The van der Waals surface area contributed by atoms with Crippen LogP contribution in [0.2, 0.25) is 4.34 Å². The van der Waals surface area contributed by atoms with E-state index in [2.05, 4.69) is 11.4 Å². The Morgan fingerprint density at radius 1 is 1.52 bits per heavy atom. The molecule has 23 heavy (non-hydrogen) atoms. The van der Waals surface area contributed by atoms with E-state index in [1.54, 1.807) is 4.90 Å². The van der Waals surface area contributed by atoms with Gasteiger partial charge in [0.2, 0.25) is 0 Å². The van der Waals surface area contributed by atoms with Crippen molar-refractivity contribution in [3.05, 3.63) is 50.2 Å². The number of amides is 2. The van der Waals surface area contributed by atoms with Gasteiger partial charge in [0.1, 0.15) is 4.34 Å². The number of nitrogens with zero attached hydrogens (tertiary/aromatic N) is 2. The monoisotopic (exact) mass is 345 g/mol. The van der Waals surface area contributed by atoms with Crippen LogP contribution in [0.1, 0.15) is 22.3 Å². The molecule has 1 aliphatic rings. The highest BCUT2D eigenvalue weighted by Crippen LogP contribution is 2.33. The number of carbonyl (C=O) groups is 1. The van der Waals surface area contributed by atoms with E-state index >= 15 is 0 Å². The Morgan fingerprint density at radius 2 is 2.35 bits per heavy atom. The van der Waals surface area contributed by atoms with Gasteiger partial charge in [-0.25, -0.2) is 4.79 Å². The van der Waals surface area contributed by atoms with Gasteiger partial charge in [0.05, 0.1) is 18.2 Å². The summed E-state index contributed by atoms with van der Waals surface area (Å²) in [5.41, 5.74) is 5.07. The van der Waals surface area contributed by atoms with Crippen molar-refractivity contribution in [2.75, 3.05) is 11.9 Å². The minimum Gasteiger partial charge on any atom is -0.320 e. The molecular formula is C17H16ClN3OS. The summed E-state index contributed by atoms with van der Waals surface area (Å²) in [7, 11) is 0. The highest BCUT2D eigenvalue weighted by molar-refractivity contribution is 7.15. The van der Waals surface area contributed by atoms with E-state index in [4.69, 9.17) is 16.9 Å². The van der Waals surface area contributed by atoms with Crippen molar-refractivity contribution < 1.29 is 4.79 Å². The molecule has 2 amide bonds. The van der Waals surface area contributed by atoms with Crippen LogP contribution in [-0.2, 0) is 19.4 Å². The summed E-state index contributed by atoms with van der Waals surface area (Å²) in [6, 6.07) is 8.04. The fraction of sp³-hybridized carbons (Fsp3) is 0.294. The zero-order valence-electron chi connectivity index (χ0n) is 12.7. The van der Waals surface area contributed by atoms with Crippen LogP contribution in [0, 0.1) is 18.3 Å². The number of nitriles is 1. The van der Waals surface area contributed by atoms with Crippen molar-refractivity contribution in [3.8, 4) is 6.07 Å². The number of aryl methyl sites for hydroxylation is 1. The molecular weight excluding hydrogens is 330 g/mol. The third-order valence-corrected chi connectivity index (χ3v) is 5.42. The van der Waals surface area contributed by atoms with E-state index in [9.17, 15) is 4.79 Å². The second-order valence-electron chi connectivity index (χ2n) is 5.56. The Bertz CT molecular complexity index is 774. The van der Waals surface area contributed by atoms with Gasteiger partial charge in [-0.15, -0.1) is 11.3 Å². The van der Waals surface area contributed by atoms with Gasteiger partial charge in [-0.1, -0.05) is 29.8 Å². The van der Waals surface area contributed by atoms with Crippen molar-refractivity contribution in [2.45, 2.75) is 26.3 Å². The van der Waals surface area contributed by atoms with Crippen LogP contribution in [0.15, 0.2) is 23.6 Å². The number of fused-ring (bicyclic) bond motifs is 1. The molecule has 1 N–H and O–H groups in total. The number of nitrogens with one attached hydrogen (secondary N) is 1.